The highest BCUT2D eigenvalue weighted by Gasteiger charge is 2.97. The topological polar surface area (TPSA) is 106 Å². The Bertz CT molecular complexity index is 840. The fourth-order valence-electron chi connectivity index (χ4n) is 4.05. The highest BCUT2D eigenvalue weighted by molar-refractivity contribution is 9.10. The molecule has 0 amide bonds. The number of nitriles is 2. The molecule has 1 saturated carbocycles. The van der Waals surface area contributed by atoms with Crippen molar-refractivity contribution in [3.05, 3.63) is 34.1 Å². The van der Waals surface area contributed by atoms with E-state index < -0.39 is 28.5 Å². The minimum absolute atomic E-state index is 0.129. The summed E-state index contributed by atoms with van der Waals surface area (Å²) < 4.78 is 25.5. The number of ether oxygens (including phenoxy) is 2. The highest BCUT2D eigenvalue weighted by atomic mass is 79.9. The molecule has 3 atom stereocenters. The first kappa shape index (κ1) is 17.8. The Morgan fingerprint density at radius 3 is 2.40 bits per heavy atom. The van der Waals surface area contributed by atoms with Crippen LogP contribution in [0.15, 0.2) is 22.7 Å². The first-order chi connectivity index (χ1) is 11.9. The number of benzene rings is 1. The molecule has 0 aromatic heterocycles. The SMILES string of the molecule is CCOC1(OCC)[NH+]=C(N)[C@@]2(C#N)[C@@H](c3ccc(F)c(Br)c3)[C@@]12C#N. The Balaban J connectivity index is 2.23. The van der Waals surface area contributed by atoms with Crippen LogP contribution in [0.1, 0.15) is 25.3 Å². The zero-order chi connectivity index (χ0) is 18.5. The van der Waals surface area contributed by atoms with E-state index in [1.807, 2.05) is 0 Å². The summed E-state index contributed by atoms with van der Waals surface area (Å²) in [6.07, 6.45) is 0. The Morgan fingerprint density at radius 1 is 1.28 bits per heavy atom. The van der Waals surface area contributed by atoms with Crippen molar-refractivity contribution in [1.82, 2.24) is 0 Å². The minimum Gasteiger partial charge on any atom is -0.314 e. The Morgan fingerprint density at radius 2 is 1.92 bits per heavy atom. The molecule has 1 fully saturated rings. The number of halogens is 2. The van der Waals surface area contributed by atoms with Crippen LogP contribution in [0.3, 0.4) is 0 Å². The van der Waals surface area contributed by atoms with Crippen LogP contribution in [0, 0.1) is 39.3 Å². The van der Waals surface area contributed by atoms with E-state index >= 15 is 0 Å². The molecule has 6 nitrogen and oxygen atoms in total. The van der Waals surface area contributed by atoms with Crippen LogP contribution in [-0.2, 0) is 9.47 Å². The third-order valence-electron chi connectivity index (χ3n) is 4.97. The van der Waals surface area contributed by atoms with Gasteiger partial charge in [0, 0.05) is 5.92 Å². The van der Waals surface area contributed by atoms with Gasteiger partial charge in [0.1, 0.15) is 5.82 Å². The molecule has 8 heteroatoms. The molecule has 3 N–H and O–H groups in total. The van der Waals surface area contributed by atoms with Crippen LogP contribution in [0.4, 0.5) is 4.39 Å². The maximum Gasteiger partial charge on any atom is 0.343 e. The Labute approximate surface area is 153 Å². The molecular weight excluding hydrogens is 391 g/mol. The Kier molecular flexibility index (Phi) is 4.11. The second-order valence-corrected chi connectivity index (χ2v) is 6.82. The number of nitrogens with two attached hydrogens (primary N) is 1. The average molecular weight is 408 g/mol. The molecule has 0 spiro atoms. The van der Waals surface area contributed by atoms with Crippen LogP contribution in [-0.4, -0.2) is 25.0 Å². The van der Waals surface area contributed by atoms with Crippen LogP contribution in [0.5, 0.6) is 0 Å². The molecule has 1 aromatic rings. The van der Waals surface area contributed by atoms with Crippen LogP contribution >= 0.6 is 15.9 Å². The van der Waals surface area contributed by atoms with Crippen molar-refractivity contribution >= 4 is 21.8 Å². The Hall–Kier alpha value is -2.00. The zero-order valence-corrected chi connectivity index (χ0v) is 15.4. The standard InChI is InChI=1S/C17H16BrFN4O2/c1-3-24-17(25-4-2)16(9-21)13(15(16,8-20)14(22)23-17)10-5-6-12(19)11(18)7-10/h5-7,13H,3-4H2,1-2H3,(H2,22,23)/p+1/t13-,15-,16-/m1/s1. The molecule has 25 heavy (non-hydrogen) atoms. The van der Waals surface area contributed by atoms with Crippen molar-refractivity contribution in [2.24, 2.45) is 16.6 Å². The number of hydrogen-bond donors (Lipinski definition) is 2. The third-order valence-corrected chi connectivity index (χ3v) is 5.58. The summed E-state index contributed by atoms with van der Waals surface area (Å²) in [4.78, 5) is 2.90. The van der Waals surface area contributed by atoms with Gasteiger partial charge in [-0.15, -0.1) is 0 Å². The summed E-state index contributed by atoms with van der Waals surface area (Å²) in [7, 11) is 0. The van der Waals surface area contributed by atoms with E-state index in [4.69, 9.17) is 15.2 Å². The maximum atomic E-state index is 13.6. The quantitative estimate of drug-likeness (QED) is 0.704. The van der Waals surface area contributed by atoms with Crippen molar-refractivity contribution < 1.29 is 18.9 Å². The molecule has 0 radical (unpaired) electrons. The first-order valence-electron chi connectivity index (χ1n) is 7.87. The van der Waals surface area contributed by atoms with Gasteiger partial charge in [0.15, 0.2) is 10.8 Å². The molecule has 3 rings (SSSR count). The highest BCUT2D eigenvalue weighted by Crippen LogP contribution is 2.78. The van der Waals surface area contributed by atoms with Crippen LogP contribution in [0.2, 0.25) is 0 Å². The second kappa shape index (κ2) is 5.77. The molecular formula is C17H17BrFN4O2+. The summed E-state index contributed by atoms with van der Waals surface area (Å²) in [5.74, 6) is -2.44. The lowest BCUT2D eigenvalue weighted by Crippen LogP contribution is -2.91. The van der Waals surface area contributed by atoms with E-state index in [-0.39, 0.29) is 23.5 Å². The molecule has 0 bridgehead atoms. The molecule has 2 aliphatic rings. The van der Waals surface area contributed by atoms with Gasteiger partial charge in [0.25, 0.3) is 5.84 Å². The van der Waals surface area contributed by atoms with Gasteiger partial charge in [-0.3, -0.25) is 5.73 Å². The normalized spacial score (nSPS) is 31.6. The smallest absolute Gasteiger partial charge is 0.314 e. The van der Waals surface area contributed by atoms with Gasteiger partial charge in [-0.25, -0.2) is 9.38 Å². The van der Waals surface area contributed by atoms with Gasteiger partial charge in [0.05, 0.1) is 29.8 Å². The molecule has 0 saturated heterocycles. The van der Waals surface area contributed by atoms with Crippen LogP contribution < -0.4 is 10.7 Å². The molecule has 130 valence electrons. The maximum absolute atomic E-state index is 13.6. The van der Waals surface area contributed by atoms with E-state index in [2.05, 4.69) is 33.1 Å². The summed E-state index contributed by atoms with van der Waals surface area (Å²) in [6, 6.07) is 8.83. The van der Waals surface area contributed by atoms with E-state index in [1.54, 1.807) is 26.0 Å². The summed E-state index contributed by atoms with van der Waals surface area (Å²) in [5, 5.41) is 20.0. The molecule has 1 aromatic carbocycles. The van der Waals surface area contributed by atoms with E-state index in [0.29, 0.717) is 5.56 Å². The van der Waals surface area contributed by atoms with Crippen molar-refractivity contribution in [2.75, 3.05) is 13.2 Å². The molecule has 1 aliphatic carbocycles. The number of rotatable bonds is 5. The van der Waals surface area contributed by atoms with Crippen molar-refractivity contribution in [2.45, 2.75) is 25.7 Å². The molecule has 1 heterocycles. The van der Waals surface area contributed by atoms with Crippen molar-refractivity contribution in [3.8, 4) is 12.1 Å². The predicted molar refractivity (Wildman–Crippen MR) is 89.1 cm³/mol. The van der Waals surface area contributed by atoms with E-state index in [0.717, 1.165) is 0 Å². The predicted octanol–water partition coefficient (Wildman–Crippen LogP) is 0.884. The summed E-state index contributed by atoms with van der Waals surface area (Å²) >= 11 is 3.15. The summed E-state index contributed by atoms with van der Waals surface area (Å²) in [5.41, 5.74) is 4.07. The number of fused-ring (bicyclic) bond motifs is 1. The fourth-order valence-corrected chi connectivity index (χ4v) is 4.44. The van der Waals surface area contributed by atoms with Gasteiger partial charge < -0.3 is 9.47 Å². The number of hydrogen-bond acceptors (Lipinski definition) is 5. The van der Waals surface area contributed by atoms with E-state index in [1.165, 1.54) is 6.07 Å². The van der Waals surface area contributed by atoms with Crippen LogP contribution in [0.25, 0.3) is 0 Å². The van der Waals surface area contributed by atoms with Gasteiger partial charge in [-0.05, 0) is 47.5 Å². The van der Waals surface area contributed by atoms with Crippen molar-refractivity contribution in [3.63, 3.8) is 0 Å². The number of amidine groups is 1. The lowest BCUT2D eigenvalue weighted by molar-refractivity contribution is -0.693. The van der Waals surface area contributed by atoms with Gasteiger partial charge in [-0.2, -0.15) is 10.5 Å². The summed E-state index contributed by atoms with van der Waals surface area (Å²) in [6.45, 7) is 4.04. The third kappa shape index (κ3) is 1.90. The second-order valence-electron chi connectivity index (χ2n) is 5.97. The minimum atomic E-state index is -1.53. The average Bonchev–Trinajstić information content (AvgIpc) is 3.16. The lowest BCUT2D eigenvalue weighted by Gasteiger charge is -2.29. The molecule has 1 aliphatic heterocycles. The van der Waals surface area contributed by atoms with E-state index in [9.17, 15) is 14.9 Å². The van der Waals surface area contributed by atoms with Gasteiger partial charge in [-0.1, -0.05) is 6.07 Å². The first-order valence-corrected chi connectivity index (χ1v) is 8.66. The number of nitrogens with zero attached hydrogens (tertiary/aromatic N) is 2. The number of nitrogens with one attached hydrogen (secondary N) is 1. The van der Waals surface area contributed by atoms with Crippen molar-refractivity contribution in [1.29, 1.82) is 10.5 Å². The van der Waals surface area contributed by atoms with Gasteiger partial charge >= 0.3 is 5.91 Å². The monoisotopic (exact) mass is 407 g/mol. The lowest BCUT2D eigenvalue weighted by atomic mass is 9.93. The molecule has 0 unspecified atom stereocenters. The zero-order valence-electron chi connectivity index (χ0n) is 13.8. The largest absolute Gasteiger partial charge is 0.343 e. The van der Waals surface area contributed by atoms with Gasteiger partial charge in [0.2, 0.25) is 0 Å². The fraction of sp³-hybridized carbons (Fsp3) is 0.471.